The molecule has 0 bridgehead atoms. The van der Waals surface area contributed by atoms with Crippen molar-refractivity contribution in [2.45, 2.75) is 46.5 Å². The van der Waals surface area contributed by atoms with Crippen molar-refractivity contribution < 1.29 is 0 Å². The molecule has 0 radical (unpaired) electrons. The Morgan fingerprint density at radius 2 is 2.09 bits per heavy atom. The van der Waals surface area contributed by atoms with Crippen molar-refractivity contribution in [1.82, 2.24) is 9.97 Å². The smallest absolute Gasteiger partial charge is 0.102 e. The van der Waals surface area contributed by atoms with Gasteiger partial charge in [-0.05, 0) is 48.5 Å². The summed E-state index contributed by atoms with van der Waals surface area (Å²) in [5, 5.41) is 0. The van der Waals surface area contributed by atoms with E-state index in [1.165, 1.54) is 27.3 Å². The van der Waals surface area contributed by atoms with Gasteiger partial charge in [0.05, 0.1) is 10.6 Å². The summed E-state index contributed by atoms with van der Waals surface area (Å²) in [6, 6.07) is 0. The predicted octanol–water partition coefficient (Wildman–Crippen LogP) is 5.23. The number of hydrogen-bond acceptors (Lipinski definition) is 4. The third-order valence-electron chi connectivity index (χ3n) is 4.54. The van der Waals surface area contributed by atoms with Crippen LogP contribution in [0.4, 0.5) is 0 Å². The first-order valence-electron chi connectivity index (χ1n) is 8.14. The van der Waals surface area contributed by atoms with E-state index in [-0.39, 0.29) is 0 Å². The highest BCUT2D eigenvalue weighted by Crippen LogP contribution is 2.47. The van der Waals surface area contributed by atoms with E-state index in [1.807, 2.05) is 11.3 Å². The van der Waals surface area contributed by atoms with Gasteiger partial charge in [-0.1, -0.05) is 20.4 Å². The summed E-state index contributed by atoms with van der Waals surface area (Å²) >= 11 is 6.27. The number of nitrogens with zero attached hydrogens (tertiary/aromatic N) is 2. The molecule has 0 unspecified atom stereocenters. The highest BCUT2D eigenvalue weighted by molar-refractivity contribution is 7.80. The van der Waals surface area contributed by atoms with E-state index in [4.69, 9.17) is 0 Å². The summed E-state index contributed by atoms with van der Waals surface area (Å²) < 4.78 is 0. The van der Waals surface area contributed by atoms with Crippen LogP contribution in [0.2, 0.25) is 0 Å². The quantitative estimate of drug-likeness (QED) is 0.769. The summed E-state index contributed by atoms with van der Waals surface area (Å²) in [4.78, 5) is 12.0. The van der Waals surface area contributed by atoms with Crippen LogP contribution in [-0.4, -0.2) is 15.7 Å². The van der Waals surface area contributed by atoms with Crippen LogP contribution in [0.15, 0.2) is 19.0 Å². The number of fused-ring (bicyclic) bond motifs is 1. The molecule has 122 valence electrons. The molecule has 1 aliphatic carbocycles. The average molecular weight is 345 g/mol. The highest BCUT2D eigenvalue weighted by Gasteiger charge is 2.31. The van der Waals surface area contributed by atoms with Gasteiger partial charge >= 0.3 is 0 Å². The predicted molar refractivity (Wildman–Crippen MR) is 103 cm³/mol. The fourth-order valence-electron chi connectivity index (χ4n) is 3.38. The van der Waals surface area contributed by atoms with E-state index in [1.54, 1.807) is 12.4 Å². The standard InChI is InChI=1S/C19H24N2S2/c1-12(2)16-13-11-19(3,4)7-5-15(13)23-18(16)17-14(6-10-22)20-8-9-21-17/h8-9,22H,1,5-7,10-11H2,2-4H3. The van der Waals surface area contributed by atoms with Crippen LogP contribution in [0.5, 0.6) is 0 Å². The number of aromatic nitrogens is 2. The zero-order valence-corrected chi connectivity index (χ0v) is 15.9. The van der Waals surface area contributed by atoms with Crippen molar-refractivity contribution >= 4 is 29.5 Å². The van der Waals surface area contributed by atoms with E-state index < -0.39 is 0 Å². The van der Waals surface area contributed by atoms with Crippen LogP contribution < -0.4 is 0 Å². The molecule has 2 heterocycles. The summed E-state index contributed by atoms with van der Waals surface area (Å²) in [5.74, 6) is 0.784. The molecule has 0 atom stereocenters. The van der Waals surface area contributed by atoms with Crippen LogP contribution in [0.1, 0.15) is 48.9 Å². The Kier molecular flexibility index (Phi) is 4.65. The molecule has 2 aromatic heterocycles. The lowest BCUT2D eigenvalue weighted by atomic mass is 9.75. The van der Waals surface area contributed by atoms with Crippen molar-refractivity contribution in [3.05, 3.63) is 40.7 Å². The molecule has 0 aliphatic heterocycles. The van der Waals surface area contributed by atoms with E-state index in [9.17, 15) is 0 Å². The maximum atomic E-state index is 4.66. The normalized spacial score (nSPS) is 16.2. The Labute approximate surface area is 148 Å². The Hall–Kier alpha value is -1.13. The molecule has 4 heteroatoms. The van der Waals surface area contributed by atoms with Gasteiger partial charge in [0.25, 0.3) is 0 Å². The number of aryl methyl sites for hydroxylation is 2. The van der Waals surface area contributed by atoms with Crippen LogP contribution >= 0.6 is 24.0 Å². The van der Waals surface area contributed by atoms with Crippen LogP contribution in [-0.2, 0) is 19.3 Å². The lowest BCUT2D eigenvalue weighted by Gasteiger charge is -2.30. The number of allylic oxidation sites excluding steroid dienone is 1. The maximum Gasteiger partial charge on any atom is 0.102 e. The molecule has 23 heavy (non-hydrogen) atoms. The molecule has 0 spiro atoms. The van der Waals surface area contributed by atoms with Crippen molar-refractivity contribution in [3.63, 3.8) is 0 Å². The van der Waals surface area contributed by atoms with Crippen molar-refractivity contribution in [1.29, 1.82) is 0 Å². The zero-order chi connectivity index (χ0) is 16.6. The van der Waals surface area contributed by atoms with Gasteiger partial charge in [-0.3, -0.25) is 9.97 Å². The summed E-state index contributed by atoms with van der Waals surface area (Å²) in [6.07, 6.45) is 7.95. The Morgan fingerprint density at radius 1 is 1.35 bits per heavy atom. The first kappa shape index (κ1) is 16.7. The monoisotopic (exact) mass is 344 g/mol. The van der Waals surface area contributed by atoms with Gasteiger partial charge in [0, 0.05) is 29.3 Å². The van der Waals surface area contributed by atoms with Crippen molar-refractivity contribution in [2.75, 3.05) is 5.75 Å². The Balaban J connectivity index is 2.18. The second kappa shape index (κ2) is 6.40. The second-order valence-electron chi connectivity index (χ2n) is 7.15. The lowest BCUT2D eigenvalue weighted by Crippen LogP contribution is -2.21. The molecule has 2 aromatic rings. The van der Waals surface area contributed by atoms with Crippen LogP contribution in [0.25, 0.3) is 16.1 Å². The largest absolute Gasteiger partial charge is 0.257 e. The van der Waals surface area contributed by atoms with Crippen LogP contribution in [0.3, 0.4) is 0 Å². The molecule has 3 rings (SSSR count). The Bertz CT molecular complexity index is 744. The minimum absolute atomic E-state index is 0.367. The molecule has 0 saturated carbocycles. The lowest BCUT2D eigenvalue weighted by molar-refractivity contribution is 0.317. The van der Waals surface area contributed by atoms with Gasteiger partial charge in [0.1, 0.15) is 5.69 Å². The van der Waals surface area contributed by atoms with E-state index in [2.05, 4.69) is 49.9 Å². The van der Waals surface area contributed by atoms with Gasteiger partial charge in [-0.2, -0.15) is 12.6 Å². The molecule has 0 aromatic carbocycles. The molecule has 0 saturated heterocycles. The average Bonchev–Trinajstić information content (AvgIpc) is 2.85. The second-order valence-corrected chi connectivity index (χ2v) is 8.71. The summed E-state index contributed by atoms with van der Waals surface area (Å²) in [6.45, 7) is 11.1. The topological polar surface area (TPSA) is 25.8 Å². The number of thiophene rings is 1. The van der Waals surface area contributed by atoms with Crippen molar-refractivity contribution in [2.24, 2.45) is 5.41 Å². The molecule has 1 aliphatic rings. The summed E-state index contributed by atoms with van der Waals surface area (Å²) in [5.41, 5.74) is 6.39. The van der Waals surface area contributed by atoms with E-state index >= 15 is 0 Å². The first-order chi connectivity index (χ1) is 10.9. The van der Waals surface area contributed by atoms with Gasteiger partial charge in [0.2, 0.25) is 0 Å². The fourth-order valence-corrected chi connectivity index (χ4v) is 5.01. The molecule has 0 amide bonds. The number of thiol groups is 1. The van der Waals surface area contributed by atoms with Crippen molar-refractivity contribution in [3.8, 4) is 10.6 Å². The van der Waals surface area contributed by atoms with Gasteiger partial charge in [-0.25, -0.2) is 0 Å². The maximum absolute atomic E-state index is 4.66. The fraction of sp³-hybridized carbons (Fsp3) is 0.474. The van der Waals surface area contributed by atoms with Crippen LogP contribution in [0, 0.1) is 5.41 Å². The van der Waals surface area contributed by atoms with Gasteiger partial charge in [-0.15, -0.1) is 11.3 Å². The van der Waals surface area contributed by atoms with Gasteiger partial charge in [0.15, 0.2) is 0 Å². The Morgan fingerprint density at radius 3 is 2.78 bits per heavy atom. The highest BCUT2D eigenvalue weighted by atomic mass is 32.1. The SMILES string of the molecule is C=C(C)c1c(-c2nccnc2CCS)sc2c1CC(C)(C)CC2. The minimum atomic E-state index is 0.367. The number of rotatable bonds is 4. The third kappa shape index (κ3) is 3.24. The molecule has 0 N–H and O–H groups in total. The third-order valence-corrected chi connectivity index (χ3v) is 6.06. The van der Waals surface area contributed by atoms with Gasteiger partial charge < -0.3 is 0 Å². The molecule has 2 nitrogen and oxygen atoms in total. The molecular formula is C19H24N2S2. The molecular weight excluding hydrogens is 320 g/mol. The zero-order valence-electron chi connectivity index (χ0n) is 14.1. The van der Waals surface area contributed by atoms with E-state index in [0.717, 1.165) is 42.0 Å². The number of hydrogen-bond donors (Lipinski definition) is 1. The minimum Gasteiger partial charge on any atom is -0.257 e. The van der Waals surface area contributed by atoms with E-state index in [0.29, 0.717) is 5.41 Å². The first-order valence-corrected chi connectivity index (χ1v) is 9.59. The summed E-state index contributed by atoms with van der Waals surface area (Å²) in [7, 11) is 0. The molecule has 0 fully saturated rings.